The van der Waals surface area contributed by atoms with Gasteiger partial charge in [-0.3, -0.25) is 33.6 Å². The molecule has 0 aliphatic rings. The van der Waals surface area contributed by atoms with Crippen LogP contribution >= 0.6 is 0 Å². The number of aliphatic carboxylic acids is 5. The summed E-state index contributed by atoms with van der Waals surface area (Å²) < 4.78 is 126. The Balaban J connectivity index is 0.000000776. The molecule has 0 radical (unpaired) electrons. The smallest absolute Gasteiger partial charge is 0.305 e. The van der Waals surface area contributed by atoms with E-state index in [9.17, 15) is 64.3 Å². The van der Waals surface area contributed by atoms with Gasteiger partial charge < -0.3 is 54.0 Å². The molecule has 0 aromatic heterocycles. The summed E-state index contributed by atoms with van der Waals surface area (Å²) in [5.41, 5.74) is 9.99. The van der Waals surface area contributed by atoms with Crippen molar-refractivity contribution >= 4 is 41.8 Å². The van der Waals surface area contributed by atoms with E-state index < -0.39 is 29.8 Å². The number of halogens is 7. The van der Waals surface area contributed by atoms with E-state index in [2.05, 4.69) is 78.7 Å². The van der Waals surface area contributed by atoms with Gasteiger partial charge in [0.2, 0.25) is 0 Å². The van der Waals surface area contributed by atoms with Gasteiger partial charge in [-0.05, 0) is 286 Å². The Labute approximate surface area is 787 Å². The summed E-state index contributed by atoms with van der Waals surface area (Å²) in [7, 11) is 2.78. The molecule has 18 nitrogen and oxygen atoms in total. The lowest BCUT2D eigenvalue weighted by Gasteiger charge is -2.11. The Hall–Kier alpha value is -10.5. The zero-order valence-corrected chi connectivity index (χ0v) is 81.8. The van der Waals surface area contributed by atoms with E-state index in [0.717, 1.165) is 160 Å². The van der Waals surface area contributed by atoms with E-state index >= 15 is 0 Å². The number of hydrogen-bond donors (Lipinski definition) is 5. The van der Waals surface area contributed by atoms with Crippen LogP contribution < -0.4 is 18.9 Å². The van der Waals surface area contributed by atoms with Crippen LogP contribution in [0, 0.1) is 40.7 Å². The van der Waals surface area contributed by atoms with Crippen LogP contribution in [0.3, 0.4) is 0 Å². The molecule has 5 N–H and O–H groups in total. The van der Waals surface area contributed by atoms with Gasteiger partial charge in [-0.15, -0.1) is 0 Å². The van der Waals surface area contributed by atoms with Crippen molar-refractivity contribution in [2.75, 3.05) is 40.6 Å². The SMILES string of the molecule is CC(C)c1ccc(F)c(CCCCCC(=O)O)c1.CC(C)c1ccc(F)c(CCCCCCC(=O)O)c1.CC(C)c1ccc(F)c(OCCCCC(=O)O)c1.CC(C)c1ccc(F)c(OCCCCCC(=O)O)c1.CC(C)c1ccc(F)c(OCCCCCCC(=O)O)c1.COC(=O)CCCCCOc1cc(C(C)C)ccc1F.COC(=O)CCCCCc1cc(C(C)C)ccc1F. The van der Waals surface area contributed by atoms with E-state index in [1.54, 1.807) is 60.7 Å². The third kappa shape index (κ3) is 57.7. The Morgan fingerprint density at radius 1 is 0.226 bits per heavy atom. The Bertz CT molecular complexity index is 4310. The number of unbranched alkanes of at least 4 members (excludes halogenated alkanes) is 15. The lowest BCUT2D eigenvalue weighted by Crippen LogP contribution is -2.02. The highest BCUT2D eigenvalue weighted by Crippen LogP contribution is 2.31. The minimum Gasteiger partial charge on any atom is -0.491 e. The molecule has 0 aliphatic carbocycles. The molecule has 0 bridgehead atoms. The number of carbonyl (C=O) groups excluding carboxylic acids is 2. The minimum atomic E-state index is -0.817. The molecular weight excluding hydrogens is 1720 g/mol. The van der Waals surface area contributed by atoms with Gasteiger partial charge in [-0.1, -0.05) is 196 Å². The second kappa shape index (κ2) is 71.2. The maximum atomic E-state index is 13.7. The predicted molar refractivity (Wildman–Crippen MR) is 513 cm³/mol. The van der Waals surface area contributed by atoms with Crippen LogP contribution in [0.25, 0.3) is 0 Å². The number of benzene rings is 7. The molecule has 7 aromatic rings. The molecule has 7 rings (SSSR count). The maximum Gasteiger partial charge on any atom is 0.305 e. The van der Waals surface area contributed by atoms with Crippen LogP contribution in [0.4, 0.5) is 30.7 Å². The lowest BCUT2D eigenvalue weighted by molar-refractivity contribution is -0.141. The van der Waals surface area contributed by atoms with E-state index in [0.29, 0.717) is 137 Å². The van der Waals surface area contributed by atoms with Gasteiger partial charge in [-0.2, -0.15) is 0 Å². The van der Waals surface area contributed by atoms with E-state index in [4.69, 9.17) is 44.5 Å². The largest absolute Gasteiger partial charge is 0.491 e. The van der Waals surface area contributed by atoms with Gasteiger partial charge in [-0.25, -0.2) is 30.7 Å². The molecule has 0 saturated carbocycles. The maximum absolute atomic E-state index is 13.7. The first-order chi connectivity index (χ1) is 63.1. The highest BCUT2D eigenvalue weighted by Gasteiger charge is 2.16. The molecule has 133 heavy (non-hydrogen) atoms. The molecule has 0 fully saturated rings. The number of carbonyl (C=O) groups is 7. The van der Waals surface area contributed by atoms with Crippen molar-refractivity contribution in [3.8, 4) is 23.0 Å². The first kappa shape index (κ1) is 121. The summed E-state index contributed by atoms with van der Waals surface area (Å²) in [6.07, 6.45) is 21.4. The molecule has 0 saturated heterocycles. The second-order valence-corrected chi connectivity index (χ2v) is 35.2. The van der Waals surface area contributed by atoms with E-state index in [1.165, 1.54) is 55.7 Å². The number of rotatable bonds is 54. The summed E-state index contributed by atoms with van der Waals surface area (Å²) in [6, 6.07) is 35.7. The quantitative estimate of drug-likeness (QED) is 0.0135. The molecule has 0 aliphatic heterocycles. The first-order valence-corrected chi connectivity index (χ1v) is 47.4. The average molecular weight is 1870 g/mol. The van der Waals surface area contributed by atoms with E-state index in [1.807, 2.05) is 64.1 Å². The van der Waals surface area contributed by atoms with Crippen LogP contribution in [-0.4, -0.2) is 108 Å². The van der Waals surface area contributed by atoms with Gasteiger partial charge in [0.05, 0.1) is 40.6 Å². The monoisotopic (exact) mass is 1870 g/mol. The first-order valence-electron chi connectivity index (χ1n) is 47.4. The molecule has 0 spiro atoms. The van der Waals surface area contributed by atoms with Crippen molar-refractivity contribution in [1.82, 2.24) is 0 Å². The third-order valence-electron chi connectivity index (χ3n) is 21.6. The molecule has 0 heterocycles. The molecule has 25 heteroatoms. The van der Waals surface area contributed by atoms with E-state index in [-0.39, 0.29) is 96.3 Å². The Morgan fingerprint density at radius 3 is 0.602 bits per heavy atom. The van der Waals surface area contributed by atoms with Gasteiger partial charge in [0.1, 0.15) is 17.5 Å². The van der Waals surface area contributed by atoms with Crippen molar-refractivity contribution in [2.45, 2.75) is 344 Å². The fraction of sp³-hybridized carbons (Fsp3) is 0.546. The topological polar surface area (TPSA) is 276 Å². The average Bonchev–Trinajstić information content (AvgIpc) is 0.900. The van der Waals surface area contributed by atoms with Crippen molar-refractivity contribution in [3.05, 3.63) is 224 Å². The van der Waals surface area contributed by atoms with Crippen molar-refractivity contribution in [1.29, 1.82) is 0 Å². The molecule has 7 aromatic carbocycles. The van der Waals surface area contributed by atoms with Crippen molar-refractivity contribution in [3.63, 3.8) is 0 Å². The summed E-state index contributed by atoms with van der Waals surface area (Å²) in [6.45, 7) is 30.6. The highest BCUT2D eigenvalue weighted by molar-refractivity contribution is 5.70. The van der Waals surface area contributed by atoms with Crippen molar-refractivity contribution < 1.29 is 118 Å². The van der Waals surface area contributed by atoms with Crippen LogP contribution in [-0.2, 0) is 62.3 Å². The summed E-state index contributed by atoms with van der Waals surface area (Å²) in [4.78, 5) is 73.5. The number of ether oxygens (including phenoxy) is 6. The van der Waals surface area contributed by atoms with Crippen LogP contribution in [0.5, 0.6) is 23.0 Å². The molecule has 742 valence electrons. The van der Waals surface area contributed by atoms with Gasteiger partial charge in [0.15, 0.2) is 46.3 Å². The molecule has 0 unspecified atom stereocenters. The summed E-state index contributed by atoms with van der Waals surface area (Å²) in [5, 5.41) is 42.5. The van der Waals surface area contributed by atoms with Crippen LogP contribution in [0.1, 0.15) is 380 Å². The molecule has 0 atom stereocenters. The van der Waals surface area contributed by atoms with Gasteiger partial charge >= 0.3 is 41.8 Å². The fourth-order valence-corrected chi connectivity index (χ4v) is 13.0. The minimum absolute atomic E-state index is 0.123. The third-order valence-corrected chi connectivity index (χ3v) is 21.6. The van der Waals surface area contributed by atoms with Crippen molar-refractivity contribution in [2.24, 2.45) is 0 Å². The fourth-order valence-electron chi connectivity index (χ4n) is 13.0. The number of carboxylic acids is 5. The lowest BCUT2D eigenvalue weighted by atomic mass is 9.97. The Morgan fingerprint density at radius 2 is 0.391 bits per heavy atom. The zero-order valence-electron chi connectivity index (χ0n) is 81.8. The predicted octanol–water partition coefficient (Wildman–Crippen LogP) is 28.9. The molecule has 0 amide bonds. The number of hydrogen-bond acceptors (Lipinski definition) is 13. The summed E-state index contributed by atoms with van der Waals surface area (Å²) in [5.74, 6) is -2.31. The molecular formula is C108H153F7O18. The van der Waals surface area contributed by atoms with Gasteiger partial charge in [0, 0.05) is 44.9 Å². The zero-order chi connectivity index (χ0) is 99.8. The summed E-state index contributed by atoms with van der Waals surface area (Å²) >= 11 is 0. The van der Waals surface area contributed by atoms with Crippen LogP contribution in [0.2, 0.25) is 0 Å². The number of carboxylic acid groups (broad SMARTS) is 5. The number of esters is 2. The number of methoxy groups -OCH3 is 2. The van der Waals surface area contributed by atoms with Gasteiger partial charge in [0.25, 0.3) is 0 Å². The standard InChI is InChI=1S/2C16H23FO3.2C16H23FO2.C15H21FO3.C15H21FO2.C14H19FO3/c1-12(2)13-8-9-14(17)15(11-13)20-10-6-4-5-7-16(18)19-3;1-12(2)13-8-9-14(17)15(11-13)20-10-6-4-3-5-7-16(18)19;1-12(2)13-9-10-15(17)14(11-13)7-5-4-6-8-16(18)19-3;1-12(2)13-9-10-15(17)14(11-13)7-5-3-4-6-8-16(18)19;1-11(2)12-7-8-13(16)14(10-12)19-9-5-3-4-6-15(17)18;1-11(2)12-8-9-14(16)13(10-12)6-4-3-5-7-15(17)18;1-10(2)11-6-7-12(15)13(9-11)18-8-4-3-5-14(16)17/h8-9,11-12H,4-7,10H2,1-3H3;8-9,11-12H,3-7,10H2,1-2H3,(H,18,19);9-12H,4-8H2,1-3H3;9-12H,3-8H2,1-2H3,(H,18,19);7-8,10-11H,3-6,9H2,1-2H3,(H,17,18);8-11H,3-7H2,1-2H3,(H,17,18);6-7,9-10H,3-5,8H2,1-2H3,(H,16,17). The highest BCUT2D eigenvalue weighted by atomic mass is 19.2. The normalized spacial score (nSPS) is 10.8. The van der Waals surface area contributed by atoms with Crippen LogP contribution in [0.15, 0.2) is 127 Å². The number of aryl methyl sites for hydroxylation is 3. The Kier molecular flexibility index (Phi) is 64.5. The second-order valence-electron chi connectivity index (χ2n) is 35.2.